The van der Waals surface area contributed by atoms with E-state index in [1.165, 1.54) is 0 Å². The van der Waals surface area contributed by atoms with Crippen molar-refractivity contribution in [3.05, 3.63) is 63.9 Å². The molecule has 1 aromatic carbocycles. The zero-order valence-corrected chi connectivity index (χ0v) is 14.6. The highest BCUT2D eigenvalue weighted by molar-refractivity contribution is 6.42. The Labute approximate surface area is 151 Å². The Morgan fingerprint density at radius 1 is 1.25 bits per heavy atom. The molecule has 4 nitrogen and oxygen atoms in total. The number of hydrogen-bond acceptors (Lipinski definition) is 3. The van der Waals surface area contributed by atoms with Crippen LogP contribution in [-0.4, -0.2) is 35.5 Å². The molecule has 1 fully saturated rings. The fourth-order valence-electron chi connectivity index (χ4n) is 2.73. The van der Waals surface area contributed by atoms with Crippen molar-refractivity contribution >= 4 is 29.1 Å². The van der Waals surface area contributed by atoms with Crippen molar-refractivity contribution in [3.8, 4) is 0 Å². The molecule has 126 valence electrons. The average Bonchev–Trinajstić information content (AvgIpc) is 2.63. The predicted octanol–water partition coefficient (Wildman–Crippen LogP) is 3.92. The Balaban J connectivity index is 1.60. The minimum absolute atomic E-state index is 0.119. The van der Waals surface area contributed by atoms with Gasteiger partial charge in [-0.25, -0.2) is 0 Å². The molecular formula is C18H18Cl2N2O2. The summed E-state index contributed by atoms with van der Waals surface area (Å²) >= 11 is 12.0. The molecule has 0 aliphatic carbocycles. The highest BCUT2D eigenvalue weighted by Crippen LogP contribution is 2.29. The molecule has 1 aromatic heterocycles. The van der Waals surface area contributed by atoms with Crippen LogP contribution in [0.4, 0.5) is 0 Å². The van der Waals surface area contributed by atoms with Crippen molar-refractivity contribution in [2.75, 3.05) is 19.7 Å². The van der Waals surface area contributed by atoms with Gasteiger partial charge < -0.3 is 9.64 Å². The maximum atomic E-state index is 12.5. The van der Waals surface area contributed by atoms with Gasteiger partial charge in [0, 0.05) is 24.9 Å². The maximum Gasteiger partial charge on any atom is 0.223 e. The molecule has 1 unspecified atom stereocenters. The first kappa shape index (κ1) is 17.2. The summed E-state index contributed by atoms with van der Waals surface area (Å²) in [5.74, 6) is 0.119. The van der Waals surface area contributed by atoms with Crippen LogP contribution in [0.1, 0.15) is 23.8 Å². The van der Waals surface area contributed by atoms with E-state index in [1.54, 1.807) is 18.3 Å². The van der Waals surface area contributed by atoms with E-state index in [1.807, 2.05) is 29.2 Å². The molecular weight excluding hydrogens is 347 g/mol. The van der Waals surface area contributed by atoms with Gasteiger partial charge in [0.2, 0.25) is 5.91 Å². The molecule has 0 spiro atoms. The lowest BCUT2D eigenvalue weighted by Gasteiger charge is -2.33. The number of amides is 1. The van der Waals surface area contributed by atoms with Gasteiger partial charge in [0.1, 0.15) is 6.10 Å². The molecule has 0 saturated carbocycles. The summed E-state index contributed by atoms with van der Waals surface area (Å²) in [5, 5.41) is 1.01. The van der Waals surface area contributed by atoms with Crippen molar-refractivity contribution < 1.29 is 9.53 Å². The largest absolute Gasteiger partial charge is 0.370 e. The van der Waals surface area contributed by atoms with Crippen LogP contribution in [0.25, 0.3) is 0 Å². The van der Waals surface area contributed by atoms with E-state index in [9.17, 15) is 4.79 Å². The van der Waals surface area contributed by atoms with Crippen LogP contribution < -0.4 is 0 Å². The van der Waals surface area contributed by atoms with E-state index in [-0.39, 0.29) is 12.0 Å². The summed E-state index contributed by atoms with van der Waals surface area (Å²) in [6, 6.07) is 11.2. The predicted molar refractivity (Wildman–Crippen MR) is 94.3 cm³/mol. The number of hydrogen-bond donors (Lipinski definition) is 0. The summed E-state index contributed by atoms with van der Waals surface area (Å²) in [5.41, 5.74) is 1.87. The number of carbonyl (C=O) groups excluding carboxylic acids is 1. The minimum atomic E-state index is -0.174. The van der Waals surface area contributed by atoms with Crippen LogP contribution in [0.2, 0.25) is 10.0 Å². The Kier molecular flexibility index (Phi) is 5.72. The summed E-state index contributed by atoms with van der Waals surface area (Å²) in [4.78, 5) is 18.6. The third-order valence-corrected chi connectivity index (χ3v) is 4.79. The standard InChI is InChI=1S/C18H18Cl2N2O2/c19-15-6-4-13(11-16(15)20)17-12-22(9-10-24-17)18(23)7-5-14-3-1-2-8-21-14/h1-4,6,8,11,17H,5,7,9-10,12H2. The van der Waals surface area contributed by atoms with Crippen molar-refractivity contribution in [2.24, 2.45) is 0 Å². The first-order valence-electron chi connectivity index (χ1n) is 7.88. The van der Waals surface area contributed by atoms with Gasteiger partial charge >= 0.3 is 0 Å². The second kappa shape index (κ2) is 7.97. The molecule has 0 radical (unpaired) electrons. The smallest absolute Gasteiger partial charge is 0.223 e. The van der Waals surface area contributed by atoms with Gasteiger partial charge in [-0.3, -0.25) is 9.78 Å². The quantitative estimate of drug-likeness (QED) is 0.825. The van der Waals surface area contributed by atoms with Gasteiger partial charge in [0.05, 0.1) is 23.2 Å². The molecule has 0 N–H and O–H groups in total. The Bertz CT molecular complexity index is 709. The highest BCUT2D eigenvalue weighted by Gasteiger charge is 2.25. The van der Waals surface area contributed by atoms with Crippen molar-refractivity contribution in [1.82, 2.24) is 9.88 Å². The molecule has 1 aliphatic heterocycles. The molecule has 1 saturated heterocycles. The highest BCUT2D eigenvalue weighted by atomic mass is 35.5. The Morgan fingerprint density at radius 3 is 2.88 bits per heavy atom. The summed E-state index contributed by atoms with van der Waals surface area (Å²) in [7, 11) is 0. The van der Waals surface area contributed by atoms with E-state index in [2.05, 4.69) is 4.98 Å². The zero-order chi connectivity index (χ0) is 16.9. The van der Waals surface area contributed by atoms with Crippen molar-refractivity contribution in [3.63, 3.8) is 0 Å². The number of aromatic nitrogens is 1. The van der Waals surface area contributed by atoms with Crippen LogP contribution >= 0.6 is 23.2 Å². The first-order chi connectivity index (χ1) is 11.6. The van der Waals surface area contributed by atoms with Crippen molar-refractivity contribution in [1.29, 1.82) is 0 Å². The number of benzene rings is 1. The summed E-state index contributed by atoms with van der Waals surface area (Å²) in [6.07, 6.45) is 2.67. The topological polar surface area (TPSA) is 42.4 Å². The van der Waals surface area contributed by atoms with Crippen LogP contribution in [0, 0.1) is 0 Å². The summed E-state index contributed by atoms with van der Waals surface area (Å²) < 4.78 is 5.79. The number of aryl methyl sites for hydroxylation is 1. The molecule has 3 rings (SSSR count). The van der Waals surface area contributed by atoms with E-state index < -0.39 is 0 Å². The van der Waals surface area contributed by atoms with Gasteiger partial charge in [-0.05, 0) is 36.2 Å². The monoisotopic (exact) mass is 364 g/mol. The zero-order valence-electron chi connectivity index (χ0n) is 13.1. The Hall–Kier alpha value is -1.62. The van der Waals surface area contributed by atoms with Gasteiger partial charge in [-0.2, -0.15) is 0 Å². The van der Waals surface area contributed by atoms with Gasteiger partial charge in [0.25, 0.3) is 0 Å². The van der Waals surface area contributed by atoms with Crippen molar-refractivity contribution in [2.45, 2.75) is 18.9 Å². The number of rotatable bonds is 4. The summed E-state index contributed by atoms with van der Waals surface area (Å²) in [6.45, 7) is 1.65. The minimum Gasteiger partial charge on any atom is -0.370 e. The number of nitrogens with zero attached hydrogens (tertiary/aromatic N) is 2. The van der Waals surface area contributed by atoms with Gasteiger partial charge in [0.15, 0.2) is 0 Å². The maximum absolute atomic E-state index is 12.5. The molecule has 1 amide bonds. The number of carbonyl (C=O) groups is 1. The van der Waals surface area contributed by atoms with Crippen LogP contribution in [0.3, 0.4) is 0 Å². The fraction of sp³-hybridized carbons (Fsp3) is 0.333. The lowest BCUT2D eigenvalue weighted by Crippen LogP contribution is -2.42. The lowest BCUT2D eigenvalue weighted by atomic mass is 10.1. The molecule has 2 heterocycles. The molecule has 0 bridgehead atoms. The molecule has 6 heteroatoms. The Morgan fingerprint density at radius 2 is 2.12 bits per heavy atom. The normalized spacial score (nSPS) is 17.8. The van der Waals surface area contributed by atoms with Crippen LogP contribution in [-0.2, 0) is 16.0 Å². The first-order valence-corrected chi connectivity index (χ1v) is 8.63. The third-order valence-electron chi connectivity index (χ3n) is 4.06. The van der Waals surface area contributed by atoms with Crippen LogP contribution in [0.5, 0.6) is 0 Å². The fourth-order valence-corrected chi connectivity index (χ4v) is 3.04. The van der Waals surface area contributed by atoms with E-state index in [0.717, 1.165) is 11.3 Å². The third kappa shape index (κ3) is 4.26. The number of halogens is 2. The van der Waals surface area contributed by atoms with E-state index in [0.29, 0.717) is 42.6 Å². The second-order valence-corrected chi connectivity index (χ2v) is 6.51. The molecule has 1 aliphatic rings. The van der Waals surface area contributed by atoms with Crippen LogP contribution in [0.15, 0.2) is 42.6 Å². The second-order valence-electron chi connectivity index (χ2n) is 5.69. The molecule has 2 aromatic rings. The number of morpholine rings is 1. The van der Waals surface area contributed by atoms with E-state index >= 15 is 0 Å². The lowest BCUT2D eigenvalue weighted by molar-refractivity contribution is -0.139. The van der Waals surface area contributed by atoms with Gasteiger partial charge in [-0.15, -0.1) is 0 Å². The molecule has 1 atom stereocenters. The average molecular weight is 365 g/mol. The SMILES string of the molecule is O=C(CCc1ccccn1)N1CCOC(c2ccc(Cl)c(Cl)c2)C1. The number of ether oxygens (including phenoxy) is 1. The van der Waals surface area contributed by atoms with Gasteiger partial charge in [-0.1, -0.05) is 35.3 Å². The molecule has 24 heavy (non-hydrogen) atoms. The van der Waals surface area contributed by atoms with E-state index in [4.69, 9.17) is 27.9 Å². The number of pyridine rings is 1.